The normalized spacial score (nSPS) is 12.8. The summed E-state index contributed by atoms with van der Waals surface area (Å²) in [6.07, 6.45) is 1.24. The predicted octanol–water partition coefficient (Wildman–Crippen LogP) is -0.0850. The summed E-state index contributed by atoms with van der Waals surface area (Å²) in [5.74, 6) is 0. The fourth-order valence-corrected chi connectivity index (χ4v) is 0.818. The van der Waals surface area contributed by atoms with E-state index in [9.17, 15) is 10.1 Å². The van der Waals surface area contributed by atoms with Crippen LogP contribution in [0.4, 0.5) is 5.69 Å². The Balaban J connectivity index is 2.84. The molecule has 0 fully saturated rings. The maximum Gasteiger partial charge on any atom is 0.287 e. The minimum Gasteiger partial charge on any atom is -0.394 e. The van der Waals surface area contributed by atoms with Gasteiger partial charge in [0.15, 0.2) is 0 Å². The highest BCUT2D eigenvalue weighted by Crippen LogP contribution is 2.15. The average Bonchev–Trinajstić information content (AvgIpc) is 2.51. The number of nitrogens with one attached hydrogen (secondary N) is 1. The number of aliphatic hydroxyl groups is 1. The number of nitrogens with zero attached hydrogens (tertiary/aromatic N) is 1. The van der Waals surface area contributed by atoms with Gasteiger partial charge in [-0.2, -0.15) is 0 Å². The number of rotatable bonds is 3. The molecule has 0 aliphatic carbocycles. The van der Waals surface area contributed by atoms with Gasteiger partial charge in [-0.3, -0.25) is 10.1 Å². The summed E-state index contributed by atoms with van der Waals surface area (Å²) in [7, 11) is 0. The summed E-state index contributed by atoms with van der Waals surface area (Å²) in [4.78, 5) is 12.3. The minimum atomic E-state index is -0.585. The zero-order valence-electron chi connectivity index (χ0n) is 6.23. The molecule has 12 heavy (non-hydrogen) atoms. The van der Waals surface area contributed by atoms with Gasteiger partial charge in [0.1, 0.15) is 0 Å². The van der Waals surface area contributed by atoms with Crippen molar-refractivity contribution in [3.63, 3.8) is 0 Å². The van der Waals surface area contributed by atoms with Crippen molar-refractivity contribution in [1.29, 1.82) is 0 Å². The van der Waals surface area contributed by atoms with Gasteiger partial charge in [0.2, 0.25) is 0 Å². The second kappa shape index (κ2) is 3.33. The molecule has 1 heterocycles. The quantitative estimate of drug-likeness (QED) is 0.436. The molecule has 0 radical (unpaired) electrons. The monoisotopic (exact) mass is 171 g/mol. The number of aliphatic hydroxyl groups excluding tert-OH is 1. The van der Waals surface area contributed by atoms with Crippen LogP contribution in [0.3, 0.4) is 0 Å². The van der Waals surface area contributed by atoms with E-state index in [1.807, 2.05) is 0 Å². The lowest BCUT2D eigenvalue weighted by Crippen LogP contribution is -2.14. The van der Waals surface area contributed by atoms with E-state index in [1.54, 1.807) is 0 Å². The third kappa shape index (κ3) is 1.60. The van der Waals surface area contributed by atoms with Crippen molar-refractivity contribution in [3.8, 4) is 0 Å². The third-order valence-corrected chi connectivity index (χ3v) is 1.50. The fraction of sp³-hybridized carbons (Fsp3) is 0.333. The maximum atomic E-state index is 10.2. The molecule has 4 N–H and O–H groups in total. The second-order valence-corrected chi connectivity index (χ2v) is 2.36. The van der Waals surface area contributed by atoms with Crippen molar-refractivity contribution in [2.75, 3.05) is 6.61 Å². The lowest BCUT2D eigenvalue weighted by Gasteiger charge is -2.02. The molecular weight excluding hydrogens is 162 g/mol. The van der Waals surface area contributed by atoms with Crippen LogP contribution in [-0.4, -0.2) is 21.6 Å². The molecule has 1 atom stereocenters. The Bertz CT molecular complexity index is 283. The Morgan fingerprint density at radius 3 is 2.92 bits per heavy atom. The summed E-state index contributed by atoms with van der Waals surface area (Å²) in [5, 5.41) is 18.8. The molecule has 1 aromatic rings. The molecule has 0 aromatic carbocycles. The molecule has 1 aromatic heterocycles. The van der Waals surface area contributed by atoms with E-state index in [1.165, 1.54) is 12.3 Å². The summed E-state index contributed by atoms with van der Waals surface area (Å²) >= 11 is 0. The van der Waals surface area contributed by atoms with Gasteiger partial charge in [0.25, 0.3) is 5.69 Å². The van der Waals surface area contributed by atoms with Gasteiger partial charge < -0.3 is 15.8 Å². The van der Waals surface area contributed by atoms with Gasteiger partial charge in [-0.05, 0) is 0 Å². The zero-order valence-corrected chi connectivity index (χ0v) is 6.23. The number of hydrogen-bond donors (Lipinski definition) is 3. The molecule has 0 unspecified atom stereocenters. The average molecular weight is 171 g/mol. The first-order valence-corrected chi connectivity index (χ1v) is 3.34. The van der Waals surface area contributed by atoms with Gasteiger partial charge in [-0.15, -0.1) is 0 Å². The fourth-order valence-electron chi connectivity index (χ4n) is 0.818. The lowest BCUT2D eigenvalue weighted by atomic mass is 10.2. The van der Waals surface area contributed by atoms with E-state index in [4.69, 9.17) is 10.8 Å². The third-order valence-electron chi connectivity index (χ3n) is 1.50. The Kier molecular flexibility index (Phi) is 2.41. The van der Waals surface area contributed by atoms with Crippen molar-refractivity contribution in [2.24, 2.45) is 5.73 Å². The van der Waals surface area contributed by atoms with Crippen molar-refractivity contribution in [1.82, 2.24) is 4.98 Å². The topological polar surface area (TPSA) is 105 Å². The minimum absolute atomic E-state index is 0.0473. The molecule has 66 valence electrons. The van der Waals surface area contributed by atoms with Gasteiger partial charge in [0.05, 0.1) is 23.8 Å². The summed E-state index contributed by atoms with van der Waals surface area (Å²) < 4.78 is 0. The SMILES string of the molecule is N[C@@H](CO)c1cc([N+](=O)[O-])c[nH]1. The van der Waals surface area contributed by atoms with Crippen LogP contribution in [0, 0.1) is 10.1 Å². The largest absolute Gasteiger partial charge is 0.394 e. The summed E-state index contributed by atoms with van der Waals surface area (Å²) in [6.45, 7) is -0.238. The molecule has 0 spiro atoms. The van der Waals surface area contributed by atoms with E-state index < -0.39 is 11.0 Å². The molecule has 6 nitrogen and oxygen atoms in total. The number of aromatic amines is 1. The molecule has 0 bridgehead atoms. The zero-order chi connectivity index (χ0) is 9.14. The number of hydrogen-bond acceptors (Lipinski definition) is 4. The van der Waals surface area contributed by atoms with E-state index in [0.29, 0.717) is 5.69 Å². The molecule has 1 rings (SSSR count). The smallest absolute Gasteiger partial charge is 0.287 e. The highest BCUT2D eigenvalue weighted by molar-refractivity contribution is 5.31. The van der Waals surface area contributed by atoms with Crippen molar-refractivity contribution in [2.45, 2.75) is 6.04 Å². The van der Waals surface area contributed by atoms with Crippen LogP contribution in [0.25, 0.3) is 0 Å². The van der Waals surface area contributed by atoms with E-state index in [2.05, 4.69) is 4.98 Å². The summed E-state index contributed by atoms with van der Waals surface area (Å²) in [5.41, 5.74) is 5.82. The first-order chi connectivity index (χ1) is 5.65. The Morgan fingerprint density at radius 2 is 2.50 bits per heavy atom. The van der Waals surface area contributed by atoms with Crippen LogP contribution in [0.15, 0.2) is 12.3 Å². The lowest BCUT2D eigenvalue weighted by molar-refractivity contribution is -0.384. The molecule has 0 aliphatic heterocycles. The number of H-pyrrole nitrogens is 1. The van der Waals surface area contributed by atoms with Crippen LogP contribution in [-0.2, 0) is 0 Å². The standard InChI is InChI=1S/C6H9N3O3/c7-5(3-10)6-1-4(2-8-6)9(11)12/h1-2,5,8,10H,3,7H2/t5-/m0/s1. The number of aromatic nitrogens is 1. The Labute approximate surface area is 68.2 Å². The first-order valence-electron chi connectivity index (χ1n) is 3.34. The van der Waals surface area contributed by atoms with Gasteiger partial charge in [-0.1, -0.05) is 0 Å². The van der Waals surface area contributed by atoms with Crippen LogP contribution in [0.5, 0.6) is 0 Å². The highest BCUT2D eigenvalue weighted by Gasteiger charge is 2.12. The maximum absolute atomic E-state index is 10.2. The summed E-state index contributed by atoms with van der Waals surface area (Å²) in [6, 6.07) is 0.722. The highest BCUT2D eigenvalue weighted by atomic mass is 16.6. The molecule has 0 saturated heterocycles. The predicted molar refractivity (Wildman–Crippen MR) is 41.5 cm³/mol. The number of nitro groups is 1. The Morgan fingerprint density at radius 1 is 1.83 bits per heavy atom. The van der Waals surface area contributed by atoms with Gasteiger partial charge in [-0.25, -0.2) is 0 Å². The first kappa shape index (κ1) is 8.69. The molecule has 0 aliphatic rings. The van der Waals surface area contributed by atoms with Crippen molar-refractivity contribution >= 4 is 5.69 Å². The molecule has 0 saturated carbocycles. The molecule has 6 heteroatoms. The molecule has 0 amide bonds. The van der Waals surface area contributed by atoms with Crippen LogP contribution >= 0.6 is 0 Å². The van der Waals surface area contributed by atoms with Gasteiger partial charge >= 0.3 is 0 Å². The molecular formula is C6H9N3O3. The van der Waals surface area contributed by atoms with Crippen molar-refractivity contribution < 1.29 is 10.0 Å². The second-order valence-electron chi connectivity index (χ2n) is 2.36. The Hall–Kier alpha value is -1.40. The van der Waals surface area contributed by atoms with Crippen molar-refractivity contribution in [3.05, 3.63) is 28.1 Å². The van der Waals surface area contributed by atoms with Crippen LogP contribution < -0.4 is 5.73 Å². The number of nitrogens with two attached hydrogens (primary N) is 1. The van der Waals surface area contributed by atoms with Gasteiger partial charge in [0, 0.05) is 11.8 Å². The van der Waals surface area contributed by atoms with E-state index in [0.717, 1.165) is 0 Å². The van der Waals surface area contributed by atoms with E-state index in [-0.39, 0.29) is 12.3 Å². The van der Waals surface area contributed by atoms with E-state index >= 15 is 0 Å². The van der Waals surface area contributed by atoms with Crippen LogP contribution in [0.1, 0.15) is 11.7 Å². The van der Waals surface area contributed by atoms with Crippen LogP contribution in [0.2, 0.25) is 0 Å².